The molecule has 0 fully saturated rings. The number of imidazole rings is 1. The Balaban J connectivity index is 0.00000372. The summed E-state index contributed by atoms with van der Waals surface area (Å²) < 4.78 is 21.0. The van der Waals surface area contributed by atoms with Crippen LogP contribution in [0.4, 0.5) is 21.5 Å². The maximum atomic E-state index is 16.8. The van der Waals surface area contributed by atoms with Gasteiger partial charge in [0, 0.05) is 46.0 Å². The number of hydrogen-bond donors (Lipinski definition) is 0. The molecule has 1 aliphatic heterocycles. The van der Waals surface area contributed by atoms with Crippen molar-refractivity contribution >= 4 is 66.3 Å². The Labute approximate surface area is 331 Å². The second kappa shape index (κ2) is 12.5. The molecule has 0 N–H and O–H groups in total. The predicted molar refractivity (Wildman–Crippen MR) is 216 cm³/mol. The molecule has 0 aliphatic carbocycles. The van der Waals surface area contributed by atoms with E-state index >= 15 is 4.39 Å². The fourth-order valence-electron chi connectivity index (χ4n) is 8.88. The van der Waals surface area contributed by atoms with Gasteiger partial charge in [-0.1, -0.05) is 90.5 Å². The Kier molecular flexibility index (Phi) is 7.58. The van der Waals surface area contributed by atoms with Crippen LogP contribution in [0.2, 0.25) is 0 Å². The van der Waals surface area contributed by atoms with Gasteiger partial charge in [0.15, 0.2) is 0 Å². The van der Waals surface area contributed by atoms with Crippen LogP contribution in [0.15, 0.2) is 152 Å². The van der Waals surface area contributed by atoms with E-state index in [0.29, 0.717) is 11.1 Å². The molecule has 0 bridgehead atoms. The average Bonchev–Trinajstić information content (AvgIpc) is 3.85. The summed E-state index contributed by atoms with van der Waals surface area (Å²) in [6, 6.07) is 52.5. The molecule has 266 valence electrons. The van der Waals surface area contributed by atoms with E-state index in [1.807, 2.05) is 59.3 Å². The monoisotopic (exact) mass is 803 g/mol. The van der Waals surface area contributed by atoms with Gasteiger partial charge in [-0.05, 0) is 65.0 Å². The van der Waals surface area contributed by atoms with Crippen molar-refractivity contribution in [3.05, 3.63) is 186 Å². The standard InChI is InChI=1S/C48H32FN5.Pd/c1-48(2)38-18-7-9-20-40(38)53(32-13-4-3-5-14-32)42-24-23-41-43(44(42)48)36-17-11-25-50-47(36)54(41)33-15-10-12-30(28-33)45(49)31-21-22-34-35-16-6-8-19-39(35)52-27-26-51-46(52)37(34)29-31;/h3-27,45H,1-2H3;/q-2;+2. The topological polar surface area (TPSA) is 38.4 Å². The van der Waals surface area contributed by atoms with E-state index in [-0.39, 0.29) is 25.8 Å². The first-order valence-electron chi connectivity index (χ1n) is 18.2. The number of hydrogen-bond acceptors (Lipinski definition) is 3. The summed E-state index contributed by atoms with van der Waals surface area (Å²) in [5.41, 5.74) is 10.7. The molecule has 55 heavy (non-hydrogen) atoms. The molecule has 10 aromatic rings. The number of para-hydroxylation sites is 3. The third-order valence-electron chi connectivity index (χ3n) is 11.2. The SMILES string of the molecule is CC1(C)c2ccccc2N(c2ccccc2)c2ccc3c(c21)c1cccnc1n3-c1[c-]c(C(F)c2[c-]c3c(cc2)c2ccccc2n2ccnc32)ccc1.[Pd+2]. The van der Waals surface area contributed by atoms with Crippen LogP contribution in [-0.2, 0) is 25.8 Å². The third kappa shape index (κ3) is 4.80. The Bertz CT molecular complexity index is 3130. The summed E-state index contributed by atoms with van der Waals surface area (Å²) in [6.07, 6.45) is 4.09. The number of aromatic nitrogens is 4. The van der Waals surface area contributed by atoms with Crippen molar-refractivity contribution < 1.29 is 24.8 Å². The summed E-state index contributed by atoms with van der Waals surface area (Å²) >= 11 is 0. The molecule has 0 amide bonds. The molecule has 0 saturated heterocycles. The van der Waals surface area contributed by atoms with E-state index in [9.17, 15) is 0 Å². The number of rotatable bonds is 4. The van der Waals surface area contributed by atoms with E-state index < -0.39 is 6.17 Å². The van der Waals surface area contributed by atoms with Crippen LogP contribution in [0.1, 0.15) is 42.3 Å². The van der Waals surface area contributed by atoms with Crippen LogP contribution in [0, 0.1) is 12.1 Å². The largest absolute Gasteiger partial charge is 2.00 e. The van der Waals surface area contributed by atoms with Crippen molar-refractivity contribution in [2.45, 2.75) is 25.4 Å². The maximum Gasteiger partial charge on any atom is 2.00 e. The third-order valence-corrected chi connectivity index (χ3v) is 11.2. The van der Waals surface area contributed by atoms with Crippen LogP contribution in [0.3, 0.4) is 0 Å². The molecule has 5 heterocycles. The summed E-state index contributed by atoms with van der Waals surface area (Å²) in [4.78, 5) is 12.0. The van der Waals surface area contributed by atoms with Crippen molar-refractivity contribution in [3.63, 3.8) is 0 Å². The summed E-state index contributed by atoms with van der Waals surface area (Å²) in [7, 11) is 0. The molecule has 1 atom stereocenters. The number of anilines is 3. The van der Waals surface area contributed by atoms with Crippen LogP contribution >= 0.6 is 0 Å². The van der Waals surface area contributed by atoms with Gasteiger partial charge in [0.25, 0.3) is 0 Å². The van der Waals surface area contributed by atoms with Crippen molar-refractivity contribution in [3.8, 4) is 5.69 Å². The number of benzene rings is 6. The Morgan fingerprint density at radius 3 is 2.27 bits per heavy atom. The second-order valence-corrected chi connectivity index (χ2v) is 14.6. The average molecular weight is 804 g/mol. The molecule has 1 unspecified atom stereocenters. The Morgan fingerprint density at radius 2 is 1.38 bits per heavy atom. The van der Waals surface area contributed by atoms with E-state index in [1.165, 1.54) is 16.8 Å². The zero-order chi connectivity index (χ0) is 36.1. The van der Waals surface area contributed by atoms with Crippen molar-refractivity contribution in [2.75, 3.05) is 4.90 Å². The number of alkyl halides is 1. The zero-order valence-electron chi connectivity index (χ0n) is 29.9. The van der Waals surface area contributed by atoms with Crippen LogP contribution in [0.5, 0.6) is 0 Å². The first-order chi connectivity index (χ1) is 26.5. The smallest absolute Gasteiger partial charge is 0.340 e. The molecule has 7 heteroatoms. The number of fused-ring (bicyclic) bond motifs is 12. The fourth-order valence-corrected chi connectivity index (χ4v) is 8.88. The molecule has 4 aromatic heterocycles. The normalized spacial score (nSPS) is 14.0. The van der Waals surface area contributed by atoms with Crippen LogP contribution in [0.25, 0.3) is 54.9 Å². The van der Waals surface area contributed by atoms with Crippen molar-refractivity contribution in [1.82, 2.24) is 18.9 Å². The van der Waals surface area contributed by atoms with E-state index in [4.69, 9.17) is 4.98 Å². The molecule has 5 nitrogen and oxygen atoms in total. The molecule has 1 aliphatic rings. The van der Waals surface area contributed by atoms with Gasteiger partial charge in [-0.15, -0.1) is 29.8 Å². The molecule has 11 rings (SSSR count). The molecule has 0 radical (unpaired) electrons. The van der Waals surface area contributed by atoms with Gasteiger partial charge in [-0.3, -0.25) is 4.98 Å². The first-order valence-corrected chi connectivity index (χ1v) is 18.2. The summed E-state index contributed by atoms with van der Waals surface area (Å²) in [5, 5.41) is 5.03. The zero-order valence-corrected chi connectivity index (χ0v) is 31.5. The van der Waals surface area contributed by atoms with Gasteiger partial charge in [0.2, 0.25) is 0 Å². The minimum absolute atomic E-state index is 0. The van der Waals surface area contributed by atoms with Crippen LogP contribution in [-0.4, -0.2) is 18.9 Å². The van der Waals surface area contributed by atoms with E-state index in [1.54, 1.807) is 12.3 Å². The minimum atomic E-state index is -1.46. The molecular weight excluding hydrogens is 772 g/mol. The summed E-state index contributed by atoms with van der Waals surface area (Å²) in [6.45, 7) is 4.62. The van der Waals surface area contributed by atoms with Crippen molar-refractivity contribution in [2.24, 2.45) is 0 Å². The minimum Gasteiger partial charge on any atom is -0.340 e. The number of pyridine rings is 2. The Morgan fingerprint density at radius 1 is 0.618 bits per heavy atom. The predicted octanol–water partition coefficient (Wildman–Crippen LogP) is 11.9. The fraction of sp³-hybridized carbons (Fsp3) is 0.0833. The first kappa shape index (κ1) is 33.4. The molecular formula is C48H32FN5Pd. The van der Waals surface area contributed by atoms with Crippen LogP contribution < -0.4 is 4.90 Å². The van der Waals surface area contributed by atoms with Gasteiger partial charge in [-0.25, -0.2) is 9.37 Å². The van der Waals surface area contributed by atoms with Crippen molar-refractivity contribution in [1.29, 1.82) is 0 Å². The molecule has 0 saturated carbocycles. The number of halogens is 1. The number of nitrogens with zero attached hydrogens (tertiary/aromatic N) is 5. The van der Waals surface area contributed by atoms with Gasteiger partial charge >= 0.3 is 20.4 Å². The van der Waals surface area contributed by atoms with Gasteiger partial charge < -0.3 is 13.9 Å². The maximum absolute atomic E-state index is 16.8. The van der Waals surface area contributed by atoms with Gasteiger partial charge in [-0.2, -0.15) is 18.2 Å². The van der Waals surface area contributed by atoms with Gasteiger partial charge in [0.1, 0.15) is 11.8 Å². The quantitative estimate of drug-likeness (QED) is 0.101. The second-order valence-electron chi connectivity index (χ2n) is 14.6. The van der Waals surface area contributed by atoms with E-state index in [0.717, 1.165) is 66.3 Å². The van der Waals surface area contributed by atoms with Gasteiger partial charge in [0.05, 0.1) is 22.5 Å². The van der Waals surface area contributed by atoms with E-state index in [2.05, 4.69) is 125 Å². The Hall–Kier alpha value is -6.13. The molecule has 6 aromatic carbocycles. The molecule has 0 spiro atoms. The summed E-state index contributed by atoms with van der Waals surface area (Å²) in [5.74, 6) is 0.